The van der Waals surface area contributed by atoms with Crippen molar-refractivity contribution in [2.45, 2.75) is 13.0 Å². The van der Waals surface area contributed by atoms with Crippen LogP contribution in [0.3, 0.4) is 0 Å². The molecule has 0 amide bonds. The van der Waals surface area contributed by atoms with Crippen molar-refractivity contribution < 1.29 is 0 Å². The number of aromatic amines is 1. The van der Waals surface area contributed by atoms with E-state index in [-0.39, 0.29) is 6.04 Å². The number of aryl methyl sites for hydroxylation is 1. The Morgan fingerprint density at radius 2 is 2.22 bits per heavy atom. The molecule has 0 aliphatic heterocycles. The largest absolute Gasteiger partial charge is 0.349 e. The summed E-state index contributed by atoms with van der Waals surface area (Å²) in [6.45, 7) is 1.94. The topological polar surface area (TPSA) is 72.5 Å². The Bertz CT molecular complexity index is 679. The molecule has 1 unspecified atom stereocenters. The van der Waals surface area contributed by atoms with E-state index in [9.17, 15) is 0 Å². The van der Waals surface area contributed by atoms with Gasteiger partial charge in [-0.2, -0.15) is 5.10 Å². The molecule has 0 aromatic carbocycles. The first-order valence-electron chi connectivity index (χ1n) is 5.88. The second kappa shape index (κ2) is 3.96. The molecule has 1 atom stereocenters. The molecular weight excluding hydrogens is 226 g/mol. The summed E-state index contributed by atoms with van der Waals surface area (Å²) in [6, 6.07) is 5.91. The van der Waals surface area contributed by atoms with Crippen LogP contribution in [0.5, 0.6) is 0 Å². The smallest absolute Gasteiger partial charge is 0.0885 e. The summed E-state index contributed by atoms with van der Waals surface area (Å²) in [7, 11) is 2.01. The van der Waals surface area contributed by atoms with E-state index in [2.05, 4.69) is 21.2 Å². The van der Waals surface area contributed by atoms with Crippen molar-refractivity contribution in [2.24, 2.45) is 12.8 Å². The first kappa shape index (κ1) is 11.0. The molecule has 0 saturated heterocycles. The third-order valence-electron chi connectivity index (χ3n) is 3.12. The van der Waals surface area contributed by atoms with Crippen LogP contribution in [-0.2, 0) is 7.05 Å². The Hall–Kier alpha value is -2.14. The summed E-state index contributed by atoms with van der Waals surface area (Å²) in [4.78, 5) is 4.66. The van der Waals surface area contributed by atoms with E-state index in [1.54, 1.807) is 6.20 Å². The number of nitrogens with two attached hydrogens (primary N) is 1. The highest BCUT2D eigenvalue weighted by atomic mass is 15.1. The number of rotatable bonds is 2. The Balaban J connectivity index is 2.33. The zero-order chi connectivity index (χ0) is 12.7. The van der Waals surface area contributed by atoms with Gasteiger partial charge in [-0.05, 0) is 25.1 Å². The average Bonchev–Trinajstić information content (AvgIpc) is 2.98. The van der Waals surface area contributed by atoms with Gasteiger partial charge in [-0.1, -0.05) is 0 Å². The second-order valence-electron chi connectivity index (χ2n) is 4.51. The van der Waals surface area contributed by atoms with Crippen molar-refractivity contribution in [3.05, 3.63) is 36.3 Å². The molecule has 0 fully saturated rings. The molecule has 0 aliphatic rings. The highest BCUT2D eigenvalue weighted by Gasteiger charge is 2.14. The van der Waals surface area contributed by atoms with Crippen molar-refractivity contribution in [2.75, 3.05) is 0 Å². The molecule has 92 valence electrons. The minimum atomic E-state index is -0.118. The van der Waals surface area contributed by atoms with Gasteiger partial charge in [-0.3, -0.25) is 5.10 Å². The van der Waals surface area contributed by atoms with Gasteiger partial charge < -0.3 is 10.3 Å². The van der Waals surface area contributed by atoms with E-state index in [1.807, 2.05) is 36.9 Å². The van der Waals surface area contributed by atoms with E-state index in [4.69, 9.17) is 5.73 Å². The third-order valence-corrected chi connectivity index (χ3v) is 3.12. The monoisotopic (exact) mass is 241 g/mol. The highest BCUT2D eigenvalue weighted by Crippen LogP contribution is 2.28. The van der Waals surface area contributed by atoms with Gasteiger partial charge in [-0.15, -0.1) is 0 Å². The highest BCUT2D eigenvalue weighted by molar-refractivity contribution is 5.82. The molecule has 0 spiro atoms. The fourth-order valence-corrected chi connectivity index (χ4v) is 2.17. The molecule has 0 radical (unpaired) electrons. The zero-order valence-corrected chi connectivity index (χ0v) is 10.4. The van der Waals surface area contributed by atoms with E-state index >= 15 is 0 Å². The van der Waals surface area contributed by atoms with Crippen molar-refractivity contribution in [1.29, 1.82) is 0 Å². The fourth-order valence-electron chi connectivity index (χ4n) is 2.17. The van der Waals surface area contributed by atoms with Crippen molar-refractivity contribution in [3.63, 3.8) is 0 Å². The molecule has 5 heteroatoms. The maximum atomic E-state index is 6.01. The van der Waals surface area contributed by atoms with Crippen LogP contribution in [0.4, 0.5) is 0 Å². The van der Waals surface area contributed by atoms with Crippen LogP contribution < -0.4 is 5.73 Å². The third kappa shape index (κ3) is 1.60. The predicted octanol–water partition coefficient (Wildman–Crippen LogP) is 1.98. The number of hydrogen-bond donors (Lipinski definition) is 2. The van der Waals surface area contributed by atoms with Crippen molar-refractivity contribution in [3.8, 4) is 11.3 Å². The normalized spacial score (nSPS) is 13.1. The number of aromatic nitrogens is 4. The van der Waals surface area contributed by atoms with E-state index in [1.165, 1.54) is 0 Å². The van der Waals surface area contributed by atoms with Crippen LogP contribution in [0.2, 0.25) is 0 Å². The van der Waals surface area contributed by atoms with Crippen LogP contribution in [0.1, 0.15) is 18.7 Å². The molecule has 3 N–H and O–H groups in total. The molecule has 0 bridgehead atoms. The van der Waals surface area contributed by atoms with Gasteiger partial charge in [0.1, 0.15) is 0 Å². The lowest BCUT2D eigenvalue weighted by Crippen LogP contribution is -2.09. The standard InChI is InChI=1S/C13H15N5/c1-8(14)13-9(10-3-5-15-17-10)7-12-11(16-13)4-6-18(12)2/h3-8H,14H2,1-2H3,(H,15,17). The van der Waals surface area contributed by atoms with E-state index in [0.717, 1.165) is 28.0 Å². The Kier molecular flexibility index (Phi) is 2.41. The van der Waals surface area contributed by atoms with Crippen molar-refractivity contribution >= 4 is 11.0 Å². The summed E-state index contributed by atoms with van der Waals surface area (Å²) in [5, 5.41) is 6.96. The lowest BCUT2D eigenvalue weighted by Gasteiger charge is -2.11. The van der Waals surface area contributed by atoms with Gasteiger partial charge in [0.15, 0.2) is 0 Å². The van der Waals surface area contributed by atoms with Crippen LogP contribution in [-0.4, -0.2) is 19.7 Å². The molecule has 5 nitrogen and oxygen atoms in total. The molecule has 0 saturated carbocycles. The van der Waals surface area contributed by atoms with Crippen LogP contribution in [0, 0.1) is 0 Å². The SMILES string of the molecule is CC(N)c1nc2ccn(C)c2cc1-c1ccn[nH]1. The van der Waals surface area contributed by atoms with Gasteiger partial charge in [0, 0.05) is 31.0 Å². The summed E-state index contributed by atoms with van der Waals surface area (Å²) in [5.74, 6) is 0. The molecule has 0 aliphatic carbocycles. The first-order chi connectivity index (χ1) is 8.66. The summed E-state index contributed by atoms with van der Waals surface area (Å²) < 4.78 is 2.05. The lowest BCUT2D eigenvalue weighted by atomic mass is 10.1. The quantitative estimate of drug-likeness (QED) is 0.720. The minimum Gasteiger partial charge on any atom is -0.349 e. The number of fused-ring (bicyclic) bond motifs is 1. The van der Waals surface area contributed by atoms with Gasteiger partial charge >= 0.3 is 0 Å². The van der Waals surface area contributed by atoms with Gasteiger partial charge in [0.2, 0.25) is 0 Å². The Labute approximate surface area is 105 Å². The molecule has 18 heavy (non-hydrogen) atoms. The van der Waals surface area contributed by atoms with Gasteiger partial charge in [-0.25, -0.2) is 4.98 Å². The van der Waals surface area contributed by atoms with Crippen LogP contribution in [0.25, 0.3) is 22.3 Å². The molecule has 3 rings (SSSR count). The number of nitrogens with zero attached hydrogens (tertiary/aromatic N) is 3. The number of pyridine rings is 1. The lowest BCUT2D eigenvalue weighted by molar-refractivity contribution is 0.788. The summed E-state index contributed by atoms with van der Waals surface area (Å²) in [6.07, 6.45) is 3.73. The maximum absolute atomic E-state index is 6.01. The van der Waals surface area contributed by atoms with Gasteiger partial charge in [0.25, 0.3) is 0 Å². The Morgan fingerprint density at radius 1 is 1.39 bits per heavy atom. The average molecular weight is 241 g/mol. The minimum absolute atomic E-state index is 0.118. The van der Waals surface area contributed by atoms with Crippen molar-refractivity contribution in [1.82, 2.24) is 19.7 Å². The molecule has 3 heterocycles. The fraction of sp³-hybridized carbons (Fsp3) is 0.231. The number of hydrogen-bond acceptors (Lipinski definition) is 3. The van der Waals surface area contributed by atoms with Crippen LogP contribution >= 0.6 is 0 Å². The van der Waals surface area contributed by atoms with Crippen LogP contribution in [0.15, 0.2) is 30.6 Å². The maximum Gasteiger partial charge on any atom is 0.0885 e. The number of H-pyrrole nitrogens is 1. The first-order valence-corrected chi connectivity index (χ1v) is 5.88. The number of nitrogens with one attached hydrogen (secondary N) is 1. The zero-order valence-electron chi connectivity index (χ0n) is 10.4. The Morgan fingerprint density at radius 3 is 2.89 bits per heavy atom. The van der Waals surface area contributed by atoms with Gasteiger partial charge in [0.05, 0.1) is 22.4 Å². The van der Waals surface area contributed by atoms with E-state index < -0.39 is 0 Å². The summed E-state index contributed by atoms with van der Waals surface area (Å²) in [5.41, 5.74) is 10.9. The second-order valence-corrected chi connectivity index (χ2v) is 4.51. The van der Waals surface area contributed by atoms with E-state index in [0.29, 0.717) is 0 Å². The summed E-state index contributed by atoms with van der Waals surface area (Å²) >= 11 is 0. The molecule has 3 aromatic rings. The predicted molar refractivity (Wildman–Crippen MR) is 70.9 cm³/mol. The molecular formula is C13H15N5. The molecule has 3 aromatic heterocycles.